The van der Waals surface area contributed by atoms with Crippen LogP contribution in [0.1, 0.15) is 25.3 Å². The van der Waals surface area contributed by atoms with Crippen LogP contribution >= 0.6 is 22.9 Å². The van der Waals surface area contributed by atoms with Crippen molar-refractivity contribution < 1.29 is 18.3 Å². The van der Waals surface area contributed by atoms with Gasteiger partial charge in [-0.2, -0.15) is 15.2 Å². The summed E-state index contributed by atoms with van der Waals surface area (Å²) in [6, 6.07) is 6.36. The van der Waals surface area contributed by atoms with Gasteiger partial charge in [0.2, 0.25) is 0 Å². The Morgan fingerprint density at radius 1 is 1.33 bits per heavy atom. The molecule has 186 valence electrons. The second-order valence-corrected chi connectivity index (χ2v) is 9.85. The molecule has 0 aliphatic carbocycles. The van der Waals surface area contributed by atoms with Gasteiger partial charge in [-0.3, -0.25) is 0 Å². The molecule has 36 heavy (non-hydrogen) atoms. The fraction of sp³-hybridized carbons (Fsp3) is 0.320. The van der Waals surface area contributed by atoms with Crippen molar-refractivity contribution in [1.82, 2.24) is 9.97 Å². The van der Waals surface area contributed by atoms with Crippen LogP contribution in [0, 0.1) is 23.0 Å². The van der Waals surface area contributed by atoms with E-state index in [1.165, 1.54) is 19.2 Å². The summed E-state index contributed by atoms with van der Waals surface area (Å²) in [5.41, 5.74) is 6.32. The largest absolute Gasteiger partial charge is 0.467 e. The molecule has 0 radical (unpaired) electrons. The lowest BCUT2D eigenvalue weighted by atomic mass is 9.97. The number of hydrogen-bond acceptors (Lipinski definition) is 8. The van der Waals surface area contributed by atoms with E-state index in [9.17, 15) is 9.65 Å². The van der Waals surface area contributed by atoms with Crippen LogP contribution in [0.15, 0.2) is 18.2 Å². The summed E-state index contributed by atoms with van der Waals surface area (Å²) in [6.07, 6.45) is 1.64. The van der Waals surface area contributed by atoms with Gasteiger partial charge >= 0.3 is 6.01 Å². The monoisotopic (exact) mass is 529 g/mol. The predicted molar refractivity (Wildman–Crippen MR) is 138 cm³/mol. The molecular formula is C25H22ClF2N5O2S. The van der Waals surface area contributed by atoms with E-state index in [2.05, 4.69) is 21.8 Å². The summed E-state index contributed by atoms with van der Waals surface area (Å²) in [4.78, 5) is 11.0. The van der Waals surface area contributed by atoms with E-state index in [0.29, 0.717) is 31.0 Å². The molecule has 1 aliphatic rings. The molecule has 1 aliphatic heterocycles. The second-order valence-electron chi connectivity index (χ2n) is 8.39. The number of rotatable bonds is 4. The van der Waals surface area contributed by atoms with Gasteiger partial charge in [0.1, 0.15) is 28.2 Å². The molecule has 0 bridgehead atoms. The molecule has 3 heterocycles. The van der Waals surface area contributed by atoms with Crippen molar-refractivity contribution in [3.05, 3.63) is 40.4 Å². The number of methoxy groups -OCH3 is 1. The Bertz CT molecular complexity index is 1540. The molecule has 2 N–H and O–H groups in total. The van der Waals surface area contributed by atoms with Gasteiger partial charge in [0.15, 0.2) is 5.82 Å². The van der Waals surface area contributed by atoms with E-state index < -0.39 is 11.6 Å². The first-order chi connectivity index (χ1) is 17.4. The van der Waals surface area contributed by atoms with Gasteiger partial charge in [0.05, 0.1) is 29.0 Å². The summed E-state index contributed by atoms with van der Waals surface area (Å²) >= 11 is 7.63. The number of aromatic nitrogens is 2. The third-order valence-electron chi connectivity index (χ3n) is 6.48. The number of ether oxygens (including phenoxy) is 2. The fourth-order valence-electron chi connectivity index (χ4n) is 4.75. The molecule has 2 aromatic carbocycles. The minimum absolute atomic E-state index is 0.00131. The first-order valence-corrected chi connectivity index (χ1v) is 12.6. The zero-order valence-electron chi connectivity index (χ0n) is 19.6. The van der Waals surface area contributed by atoms with Crippen LogP contribution in [0.3, 0.4) is 0 Å². The standard InChI is InChI=1S/C25H22ClF2N5O2S/c1-3-12-6-8-35-9-7-33(12)24-14-10-16(26)19(20(28)21(14)31-25(32-24)34-2)13-4-5-17(27)22-18(13)15(11-29)23(30)36-22/h4-5,10,12H,3,6-9,30H2,1-2H3. The Morgan fingerprint density at radius 3 is 2.86 bits per heavy atom. The van der Waals surface area contributed by atoms with Crippen LogP contribution in [-0.2, 0) is 4.74 Å². The van der Waals surface area contributed by atoms with Gasteiger partial charge in [0.25, 0.3) is 0 Å². The quantitative estimate of drug-likeness (QED) is 0.351. The smallest absolute Gasteiger partial charge is 0.318 e. The van der Waals surface area contributed by atoms with Gasteiger partial charge in [-0.05, 0) is 30.5 Å². The van der Waals surface area contributed by atoms with Crippen LogP contribution < -0.4 is 15.4 Å². The molecule has 1 unspecified atom stereocenters. The number of nitriles is 1. The molecular weight excluding hydrogens is 508 g/mol. The van der Waals surface area contributed by atoms with Gasteiger partial charge in [-0.15, -0.1) is 11.3 Å². The lowest BCUT2D eigenvalue weighted by Gasteiger charge is -2.30. The Labute approximate surface area is 215 Å². The van der Waals surface area contributed by atoms with Crippen LogP contribution in [-0.4, -0.2) is 42.9 Å². The van der Waals surface area contributed by atoms with E-state index >= 15 is 4.39 Å². The second kappa shape index (κ2) is 9.65. The van der Waals surface area contributed by atoms with Crippen molar-refractivity contribution in [2.75, 3.05) is 37.5 Å². The number of nitrogens with zero attached hydrogens (tertiary/aromatic N) is 4. The summed E-state index contributed by atoms with van der Waals surface area (Å²) in [7, 11) is 1.42. The highest BCUT2D eigenvalue weighted by Gasteiger charge is 2.28. The average molecular weight is 530 g/mol. The number of anilines is 2. The number of nitrogens with two attached hydrogens (primary N) is 1. The number of halogens is 3. The molecule has 1 fully saturated rings. The third kappa shape index (κ3) is 3.88. The van der Waals surface area contributed by atoms with Crippen molar-refractivity contribution in [1.29, 1.82) is 5.26 Å². The molecule has 0 saturated carbocycles. The van der Waals surface area contributed by atoms with Crippen LogP contribution in [0.25, 0.3) is 32.1 Å². The number of benzene rings is 2. The van der Waals surface area contributed by atoms with Crippen LogP contribution in [0.2, 0.25) is 5.02 Å². The minimum Gasteiger partial charge on any atom is -0.467 e. The maximum Gasteiger partial charge on any atom is 0.318 e. The van der Waals surface area contributed by atoms with Crippen molar-refractivity contribution in [3.8, 4) is 23.2 Å². The van der Waals surface area contributed by atoms with E-state index in [-0.39, 0.29) is 54.4 Å². The zero-order chi connectivity index (χ0) is 25.6. The minimum atomic E-state index is -0.722. The zero-order valence-corrected chi connectivity index (χ0v) is 21.1. The van der Waals surface area contributed by atoms with Gasteiger partial charge in [0, 0.05) is 35.5 Å². The lowest BCUT2D eigenvalue weighted by molar-refractivity contribution is 0.150. The summed E-state index contributed by atoms with van der Waals surface area (Å²) < 4.78 is 42.1. The summed E-state index contributed by atoms with van der Waals surface area (Å²) in [5, 5.41) is 10.5. The van der Waals surface area contributed by atoms with E-state index in [1.807, 2.05) is 6.07 Å². The Morgan fingerprint density at radius 2 is 2.14 bits per heavy atom. The molecule has 0 spiro atoms. The highest BCUT2D eigenvalue weighted by Crippen LogP contribution is 2.45. The Balaban J connectivity index is 1.82. The molecule has 1 atom stereocenters. The van der Waals surface area contributed by atoms with Crippen molar-refractivity contribution in [2.24, 2.45) is 0 Å². The van der Waals surface area contributed by atoms with Crippen LogP contribution in [0.5, 0.6) is 6.01 Å². The van der Waals surface area contributed by atoms with Crippen molar-refractivity contribution in [3.63, 3.8) is 0 Å². The van der Waals surface area contributed by atoms with Gasteiger partial charge < -0.3 is 20.1 Å². The molecule has 11 heteroatoms. The maximum atomic E-state index is 16.3. The number of hydrogen-bond donors (Lipinski definition) is 1. The average Bonchev–Trinajstić information content (AvgIpc) is 3.05. The number of fused-ring (bicyclic) bond motifs is 2. The Hall–Kier alpha value is -3.26. The summed E-state index contributed by atoms with van der Waals surface area (Å²) in [5.74, 6) is -0.770. The van der Waals surface area contributed by atoms with E-state index in [0.717, 1.165) is 24.2 Å². The Kier molecular flexibility index (Phi) is 6.55. The van der Waals surface area contributed by atoms with E-state index in [4.69, 9.17) is 26.8 Å². The number of nitrogen functional groups attached to an aromatic ring is 1. The van der Waals surface area contributed by atoms with Crippen molar-refractivity contribution in [2.45, 2.75) is 25.8 Å². The first kappa shape index (κ1) is 24.4. The fourth-order valence-corrected chi connectivity index (χ4v) is 6.00. The predicted octanol–water partition coefficient (Wildman–Crippen LogP) is 5.91. The first-order valence-electron chi connectivity index (χ1n) is 11.4. The third-order valence-corrected chi connectivity index (χ3v) is 7.81. The highest BCUT2D eigenvalue weighted by atomic mass is 35.5. The molecule has 0 amide bonds. The summed E-state index contributed by atoms with van der Waals surface area (Å²) in [6.45, 7) is 3.77. The van der Waals surface area contributed by atoms with E-state index in [1.54, 1.807) is 6.07 Å². The normalized spacial score (nSPS) is 16.3. The maximum absolute atomic E-state index is 16.3. The molecule has 2 aromatic heterocycles. The van der Waals surface area contributed by atoms with Gasteiger partial charge in [-0.25, -0.2) is 8.78 Å². The van der Waals surface area contributed by atoms with Crippen molar-refractivity contribution >= 4 is 54.7 Å². The van der Waals surface area contributed by atoms with Crippen LogP contribution in [0.4, 0.5) is 19.6 Å². The number of thiophene rings is 1. The molecule has 5 rings (SSSR count). The van der Waals surface area contributed by atoms with Gasteiger partial charge in [-0.1, -0.05) is 24.6 Å². The lowest BCUT2D eigenvalue weighted by Crippen LogP contribution is -2.36. The SMILES string of the molecule is CCC1CCOCCN1c1nc(OC)nc2c(F)c(-c3ccc(F)c4sc(N)c(C#N)c34)c(Cl)cc12. The molecule has 1 saturated heterocycles. The molecule has 7 nitrogen and oxygen atoms in total. The highest BCUT2D eigenvalue weighted by molar-refractivity contribution is 7.23. The topological polar surface area (TPSA) is 97.3 Å². The molecule has 4 aromatic rings.